The first kappa shape index (κ1) is 35.3. The second kappa shape index (κ2) is 16.4. The number of aliphatic carboxylic acids is 1. The SMILES string of the molecule is COc1cc2c(nc1OCCCOc1nc3c(cc1OC)CN(C(=O)CCC(=O)O[C@H]1CSSC[C@@H]1O)C3)CN(C(=O)CCC(=O)O)C2. The van der Waals surface area contributed by atoms with Crippen molar-refractivity contribution in [2.45, 2.75) is 70.5 Å². The van der Waals surface area contributed by atoms with Crippen molar-refractivity contribution in [3.05, 3.63) is 34.6 Å². The van der Waals surface area contributed by atoms with Crippen LogP contribution in [0, 0.1) is 0 Å². The van der Waals surface area contributed by atoms with Gasteiger partial charge in [0.05, 0.1) is 64.8 Å². The van der Waals surface area contributed by atoms with Crippen molar-refractivity contribution in [3.63, 3.8) is 0 Å². The largest absolute Gasteiger partial charge is 0.491 e. The van der Waals surface area contributed by atoms with Crippen molar-refractivity contribution >= 4 is 45.3 Å². The normalized spacial score (nSPS) is 18.1. The number of nitrogens with zero attached hydrogens (tertiary/aromatic N) is 4. The van der Waals surface area contributed by atoms with Crippen LogP contribution in [0.3, 0.4) is 0 Å². The molecule has 0 radical (unpaired) electrons. The van der Waals surface area contributed by atoms with Gasteiger partial charge in [0.25, 0.3) is 11.8 Å². The molecule has 2 N–H and O–H groups in total. The summed E-state index contributed by atoms with van der Waals surface area (Å²) in [6, 6.07) is 3.57. The van der Waals surface area contributed by atoms with Crippen molar-refractivity contribution < 1.29 is 53.1 Å². The molecule has 3 aliphatic rings. The second-order valence-electron chi connectivity index (χ2n) is 11.3. The van der Waals surface area contributed by atoms with Gasteiger partial charge in [0.1, 0.15) is 12.2 Å². The molecule has 2 amide bonds. The first-order chi connectivity index (χ1) is 23.1. The zero-order chi connectivity index (χ0) is 34.2. The Kier molecular flexibility index (Phi) is 12.1. The van der Waals surface area contributed by atoms with Gasteiger partial charge in [-0.1, -0.05) is 21.6 Å². The predicted molar refractivity (Wildman–Crippen MR) is 173 cm³/mol. The number of carbonyl (C=O) groups excluding carboxylic acids is 3. The molecule has 0 unspecified atom stereocenters. The van der Waals surface area contributed by atoms with E-state index in [1.54, 1.807) is 32.7 Å². The van der Waals surface area contributed by atoms with E-state index in [9.17, 15) is 24.3 Å². The summed E-state index contributed by atoms with van der Waals surface area (Å²) in [6.45, 7) is 1.69. The molecule has 17 heteroatoms. The van der Waals surface area contributed by atoms with E-state index < -0.39 is 24.1 Å². The molecule has 0 aromatic carbocycles. The summed E-state index contributed by atoms with van der Waals surface area (Å²) in [5.41, 5.74) is 3.00. The zero-order valence-corrected chi connectivity index (χ0v) is 28.3. The van der Waals surface area contributed by atoms with Crippen LogP contribution in [0.25, 0.3) is 0 Å². The standard InChI is InChI=1S/C31H38N4O11S2/c1-42-23-10-18-12-34(26(37)4-6-28(39)40)14-20(18)32-30(23)44-8-3-9-45-31-24(43-2)11-19-13-35(15-21(19)33-31)27(38)5-7-29(41)46-25-17-48-47-16-22(25)36/h10-11,22,25,36H,3-9,12-17H2,1-2H3,(H,39,40)/t22-,25-/m0/s1. The van der Waals surface area contributed by atoms with Crippen LogP contribution in [0.4, 0.5) is 0 Å². The topological polar surface area (TPSA) is 187 Å². The molecule has 5 heterocycles. The minimum absolute atomic E-state index is 0.00887. The quantitative estimate of drug-likeness (QED) is 0.156. The van der Waals surface area contributed by atoms with Gasteiger partial charge < -0.3 is 43.7 Å². The third kappa shape index (κ3) is 8.93. The van der Waals surface area contributed by atoms with E-state index in [1.165, 1.54) is 25.0 Å². The van der Waals surface area contributed by atoms with Crippen molar-refractivity contribution in [2.24, 2.45) is 0 Å². The Morgan fingerprint density at radius 2 is 1.31 bits per heavy atom. The van der Waals surface area contributed by atoms with Gasteiger partial charge in [-0.25, -0.2) is 9.97 Å². The minimum atomic E-state index is -1.02. The van der Waals surface area contributed by atoms with E-state index in [4.69, 9.17) is 28.8 Å². The van der Waals surface area contributed by atoms with Crippen molar-refractivity contribution in [1.29, 1.82) is 0 Å². The van der Waals surface area contributed by atoms with Crippen LogP contribution in [0.1, 0.15) is 54.6 Å². The Morgan fingerprint density at radius 1 is 0.792 bits per heavy atom. The molecule has 2 aromatic heterocycles. The van der Waals surface area contributed by atoms with Gasteiger partial charge >= 0.3 is 11.9 Å². The number of hydrogen-bond acceptors (Lipinski definition) is 14. The van der Waals surface area contributed by atoms with Gasteiger partial charge in [-0.3, -0.25) is 19.2 Å². The summed E-state index contributed by atoms with van der Waals surface area (Å²) in [5, 5.41) is 18.9. The Labute approximate surface area is 285 Å². The lowest BCUT2D eigenvalue weighted by molar-refractivity contribution is -0.154. The lowest BCUT2D eigenvalue weighted by Gasteiger charge is -2.26. The van der Waals surface area contributed by atoms with Gasteiger partial charge in [-0.15, -0.1) is 0 Å². The maximum absolute atomic E-state index is 12.9. The van der Waals surface area contributed by atoms with Crippen LogP contribution in [-0.4, -0.2) is 105 Å². The highest BCUT2D eigenvalue weighted by Crippen LogP contribution is 2.35. The van der Waals surface area contributed by atoms with Crippen LogP contribution in [0.5, 0.6) is 23.3 Å². The number of carboxylic acids is 1. The smallest absolute Gasteiger partial charge is 0.306 e. The summed E-state index contributed by atoms with van der Waals surface area (Å²) >= 11 is 0. The van der Waals surface area contributed by atoms with E-state index in [-0.39, 0.29) is 75.6 Å². The van der Waals surface area contributed by atoms with Crippen molar-refractivity contribution in [3.8, 4) is 23.3 Å². The number of aromatic nitrogens is 2. The highest BCUT2D eigenvalue weighted by atomic mass is 33.1. The van der Waals surface area contributed by atoms with E-state index in [0.29, 0.717) is 53.9 Å². The number of aliphatic hydroxyl groups excluding tert-OH is 1. The number of ether oxygens (including phenoxy) is 5. The maximum Gasteiger partial charge on any atom is 0.306 e. The van der Waals surface area contributed by atoms with Crippen LogP contribution >= 0.6 is 21.6 Å². The van der Waals surface area contributed by atoms with Gasteiger partial charge in [0.15, 0.2) is 11.5 Å². The molecular weight excluding hydrogens is 668 g/mol. The molecule has 260 valence electrons. The highest BCUT2D eigenvalue weighted by Gasteiger charge is 2.30. The third-order valence-corrected chi connectivity index (χ3v) is 10.3. The van der Waals surface area contributed by atoms with Crippen LogP contribution in [-0.2, 0) is 50.1 Å². The molecule has 1 fully saturated rings. The number of hydrogen-bond donors (Lipinski definition) is 2. The van der Waals surface area contributed by atoms with Crippen LogP contribution < -0.4 is 18.9 Å². The summed E-state index contributed by atoms with van der Waals surface area (Å²) in [6.07, 6.45) is -1.17. The molecule has 0 bridgehead atoms. The number of rotatable bonds is 15. The lowest BCUT2D eigenvalue weighted by Crippen LogP contribution is -2.37. The van der Waals surface area contributed by atoms with Crippen LogP contribution in [0.2, 0.25) is 0 Å². The summed E-state index contributed by atoms with van der Waals surface area (Å²) < 4.78 is 28.1. The summed E-state index contributed by atoms with van der Waals surface area (Å²) in [4.78, 5) is 60.7. The van der Waals surface area contributed by atoms with Gasteiger partial charge in [0.2, 0.25) is 11.8 Å². The zero-order valence-electron chi connectivity index (χ0n) is 26.7. The maximum atomic E-state index is 12.9. The van der Waals surface area contributed by atoms with Gasteiger partial charge in [-0.2, -0.15) is 0 Å². The van der Waals surface area contributed by atoms with Crippen molar-refractivity contribution in [1.82, 2.24) is 19.8 Å². The number of amides is 2. The van der Waals surface area contributed by atoms with E-state index >= 15 is 0 Å². The fraction of sp³-hybridized carbons (Fsp3) is 0.548. The molecule has 2 aromatic rings. The monoisotopic (exact) mass is 706 g/mol. The first-order valence-electron chi connectivity index (χ1n) is 15.4. The molecule has 0 aliphatic carbocycles. The Balaban J connectivity index is 1.08. The van der Waals surface area contributed by atoms with Gasteiger partial charge in [-0.05, 0) is 23.3 Å². The Hall–Kier alpha value is -3.96. The third-order valence-electron chi connectivity index (χ3n) is 7.92. The number of methoxy groups -OCH3 is 2. The molecule has 2 atom stereocenters. The summed E-state index contributed by atoms with van der Waals surface area (Å²) in [7, 11) is 6.09. The molecule has 0 saturated carbocycles. The molecule has 48 heavy (non-hydrogen) atoms. The fourth-order valence-electron chi connectivity index (χ4n) is 5.32. The molecular formula is C31H38N4O11S2. The highest BCUT2D eigenvalue weighted by molar-refractivity contribution is 8.76. The second-order valence-corrected chi connectivity index (χ2v) is 13.9. The van der Waals surface area contributed by atoms with E-state index in [1.807, 2.05) is 0 Å². The number of carbonyl (C=O) groups is 4. The van der Waals surface area contributed by atoms with Crippen LogP contribution in [0.15, 0.2) is 12.1 Å². The molecule has 15 nitrogen and oxygen atoms in total. The lowest BCUT2D eigenvalue weighted by atomic mass is 10.2. The number of carboxylic acid groups (broad SMARTS) is 1. The van der Waals surface area contributed by atoms with Crippen molar-refractivity contribution in [2.75, 3.05) is 38.9 Å². The number of esters is 1. The molecule has 5 rings (SSSR count). The predicted octanol–water partition coefficient (Wildman–Crippen LogP) is 2.34. The van der Waals surface area contributed by atoms with E-state index in [0.717, 1.165) is 11.1 Å². The number of pyridine rings is 2. The molecule has 1 saturated heterocycles. The Morgan fingerprint density at radius 3 is 1.81 bits per heavy atom. The van der Waals surface area contributed by atoms with Gasteiger partial charge in [0, 0.05) is 43.9 Å². The molecule has 0 spiro atoms. The minimum Gasteiger partial charge on any atom is -0.491 e. The van der Waals surface area contributed by atoms with E-state index in [2.05, 4.69) is 9.97 Å². The molecule has 3 aliphatic heterocycles. The first-order valence-corrected chi connectivity index (χ1v) is 17.9. The summed E-state index contributed by atoms with van der Waals surface area (Å²) in [5.74, 6) is 0.457. The number of fused-ring (bicyclic) bond motifs is 2. The Bertz CT molecular complexity index is 1530. The fourth-order valence-corrected chi connectivity index (χ4v) is 7.69. The average molecular weight is 707 g/mol. The number of aliphatic hydroxyl groups is 1. The average Bonchev–Trinajstić information content (AvgIpc) is 3.69.